The number of carbonyl (C=O) groups is 3. The molecule has 1 saturated heterocycles. The maximum atomic E-state index is 12.9. The molecule has 0 aromatic heterocycles. The van der Waals surface area contributed by atoms with Gasteiger partial charge in [0.2, 0.25) is 0 Å². The van der Waals surface area contributed by atoms with Gasteiger partial charge in [0, 0.05) is 5.56 Å². The van der Waals surface area contributed by atoms with Gasteiger partial charge < -0.3 is 15.0 Å². The summed E-state index contributed by atoms with van der Waals surface area (Å²) >= 11 is 0. The van der Waals surface area contributed by atoms with E-state index in [2.05, 4.69) is 10.7 Å². The highest BCUT2D eigenvalue weighted by Crippen LogP contribution is 2.27. The van der Waals surface area contributed by atoms with E-state index >= 15 is 0 Å². The number of nitrogens with one attached hydrogen (secondary N) is 3. The Kier molecular flexibility index (Phi) is 6.07. The lowest BCUT2D eigenvalue weighted by Crippen LogP contribution is -3.09. The highest BCUT2D eigenvalue weighted by atomic mass is 16.5. The largest absolute Gasteiger partial charge is 0.496 e. The van der Waals surface area contributed by atoms with Crippen molar-refractivity contribution in [1.82, 2.24) is 15.8 Å². The van der Waals surface area contributed by atoms with Gasteiger partial charge >= 0.3 is 6.03 Å². The van der Waals surface area contributed by atoms with E-state index in [1.807, 2.05) is 38.2 Å². The van der Waals surface area contributed by atoms with E-state index in [9.17, 15) is 14.4 Å². The smallest absolute Gasteiger partial charge is 0.344 e. The standard InChI is InChI=1S/C22H26N4O4/c1-15-10-11-18(30-4)16(12-15)13-25(3)14-19(27)24-26-20(28)22(2,23-21(26)29)17-8-6-5-7-9-17/h5-12H,13-14H2,1-4H3,(H,23,29)(H,24,27)/p+1/t22-/m0/s1. The molecular formula is C22H27N4O4+. The summed E-state index contributed by atoms with van der Waals surface area (Å²) in [6.45, 7) is 4.25. The van der Waals surface area contributed by atoms with E-state index in [0.717, 1.165) is 26.8 Å². The van der Waals surface area contributed by atoms with E-state index in [1.165, 1.54) is 0 Å². The predicted molar refractivity (Wildman–Crippen MR) is 111 cm³/mol. The van der Waals surface area contributed by atoms with Crippen molar-refractivity contribution in [1.29, 1.82) is 0 Å². The molecular weight excluding hydrogens is 384 g/mol. The van der Waals surface area contributed by atoms with E-state index in [-0.39, 0.29) is 6.54 Å². The van der Waals surface area contributed by atoms with Crippen molar-refractivity contribution < 1.29 is 24.0 Å². The molecule has 3 rings (SSSR count). The molecule has 1 aliphatic heterocycles. The number of aryl methyl sites for hydroxylation is 1. The summed E-state index contributed by atoms with van der Waals surface area (Å²) in [5, 5.41) is 3.43. The first-order chi connectivity index (χ1) is 14.2. The molecule has 1 heterocycles. The highest BCUT2D eigenvalue weighted by molar-refractivity contribution is 6.08. The van der Waals surface area contributed by atoms with Crippen molar-refractivity contribution in [2.24, 2.45) is 0 Å². The molecule has 2 aromatic carbocycles. The third-order valence-corrected chi connectivity index (χ3v) is 5.17. The second-order valence-electron chi connectivity index (χ2n) is 7.72. The molecule has 2 aromatic rings. The number of likely N-dealkylation sites (N-methyl/N-ethyl adjacent to an activating group) is 1. The molecule has 8 nitrogen and oxygen atoms in total. The number of rotatable bonds is 7. The lowest BCUT2D eigenvalue weighted by molar-refractivity contribution is -0.885. The summed E-state index contributed by atoms with van der Waals surface area (Å²) in [6.07, 6.45) is 0. The Morgan fingerprint density at radius 2 is 1.90 bits per heavy atom. The molecule has 0 bridgehead atoms. The fraction of sp³-hybridized carbons (Fsp3) is 0.318. The Bertz CT molecular complexity index is 963. The van der Waals surface area contributed by atoms with Crippen molar-refractivity contribution in [2.75, 3.05) is 20.7 Å². The molecule has 3 N–H and O–H groups in total. The van der Waals surface area contributed by atoms with Crippen LogP contribution in [0.2, 0.25) is 0 Å². The van der Waals surface area contributed by atoms with Gasteiger partial charge in [-0.05, 0) is 31.5 Å². The lowest BCUT2D eigenvalue weighted by atomic mass is 9.92. The second-order valence-corrected chi connectivity index (χ2v) is 7.72. The van der Waals surface area contributed by atoms with Crippen molar-refractivity contribution >= 4 is 17.8 Å². The average molecular weight is 411 g/mol. The van der Waals surface area contributed by atoms with Crippen LogP contribution in [0.5, 0.6) is 5.75 Å². The Balaban J connectivity index is 1.64. The van der Waals surface area contributed by atoms with Gasteiger partial charge in [-0.15, -0.1) is 0 Å². The van der Waals surface area contributed by atoms with Crippen LogP contribution in [0, 0.1) is 6.92 Å². The van der Waals surface area contributed by atoms with Crippen LogP contribution in [0.1, 0.15) is 23.6 Å². The molecule has 0 saturated carbocycles. The van der Waals surface area contributed by atoms with Crippen LogP contribution in [-0.4, -0.2) is 43.6 Å². The predicted octanol–water partition coefficient (Wildman–Crippen LogP) is 0.517. The molecule has 30 heavy (non-hydrogen) atoms. The molecule has 2 atom stereocenters. The maximum absolute atomic E-state index is 12.9. The fourth-order valence-corrected chi connectivity index (χ4v) is 3.58. The first-order valence-electron chi connectivity index (χ1n) is 9.71. The van der Waals surface area contributed by atoms with Gasteiger partial charge in [0.05, 0.1) is 14.2 Å². The van der Waals surface area contributed by atoms with Crippen molar-refractivity contribution in [3.63, 3.8) is 0 Å². The van der Waals surface area contributed by atoms with Crippen molar-refractivity contribution in [3.8, 4) is 5.75 Å². The SMILES string of the molecule is COc1ccc(C)cc1C[NH+](C)CC(=O)NN1C(=O)N[C@@](C)(c2ccccc2)C1=O. The number of hydrogen-bond acceptors (Lipinski definition) is 4. The topological polar surface area (TPSA) is 92.2 Å². The number of nitrogens with zero attached hydrogens (tertiary/aromatic N) is 1. The van der Waals surface area contributed by atoms with E-state index in [1.54, 1.807) is 38.3 Å². The molecule has 0 spiro atoms. The zero-order chi connectivity index (χ0) is 21.9. The van der Waals surface area contributed by atoms with Crippen LogP contribution in [0.25, 0.3) is 0 Å². The van der Waals surface area contributed by atoms with Gasteiger partial charge in [-0.3, -0.25) is 15.0 Å². The fourth-order valence-electron chi connectivity index (χ4n) is 3.58. The Labute approximate surface area is 175 Å². The van der Waals surface area contributed by atoms with E-state index < -0.39 is 23.4 Å². The zero-order valence-corrected chi connectivity index (χ0v) is 17.6. The van der Waals surface area contributed by atoms with Crippen molar-refractivity contribution in [3.05, 3.63) is 65.2 Å². The highest BCUT2D eigenvalue weighted by Gasteiger charge is 2.50. The van der Waals surface area contributed by atoms with Crippen LogP contribution in [-0.2, 0) is 21.7 Å². The first-order valence-corrected chi connectivity index (χ1v) is 9.71. The summed E-state index contributed by atoms with van der Waals surface area (Å²) < 4.78 is 5.39. The summed E-state index contributed by atoms with van der Waals surface area (Å²) in [5.41, 5.74) is 3.95. The second kappa shape index (κ2) is 8.54. The molecule has 4 amide bonds. The third-order valence-electron chi connectivity index (χ3n) is 5.17. The molecule has 1 unspecified atom stereocenters. The van der Waals surface area contributed by atoms with E-state index in [0.29, 0.717) is 12.1 Å². The Hall–Kier alpha value is -3.39. The molecule has 1 aliphatic rings. The minimum absolute atomic E-state index is 0.0796. The maximum Gasteiger partial charge on any atom is 0.344 e. The number of amides is 4. The quantitative estimate of drug-likeness (QED) is 0.579. The monoisotopic (exact) mass is 411 g/mol. The van der Waals surface area contributed by atoms with Gasteiger partial charge in [0.25, 0.3) is 11.8 Å². The number of hydrazine groups is 1. The molecule has 1 fully saturated rings. The van der Waals surface area contributed by atoms with Crippen molar-refractivity contribution in [2.45, 2.75) is 25.9 Å². The molecule has 0 radical (unpaired) electrons. The summed E-state index contributed by atoms with van der Waals surface area (Å²) in [6, 6.07) is 14.2. The Morgan fingerprint density at radius 3 is 2.57 bits per heavy atom. The number of quaternary nitrogens is 1. The number of benzene rings is 2. The number of ether oxygens (including phenoxy) is 1. The number of urea groups is 1. The van der Waals surface area contributed by atoms with Gasteiger partial charge in [-0.2, -0.15) is 5.01 Å². The van der Waals surface area contributed by atoms with Gasteiger partial charge in [0.1, 0.15) is 17.8 Å². The molecule has 0 aliphatic carbocycles. The molecule has 8 heteroatoms. The summed E-state index contributed by atoms with van der Waals surface area (Å²) in [7, 11) is 3.47. The summed E-state index contributed by atoms with van der Waals surface area (Å²) in [4.78, 5) is 38.6. The lowest BCUT2D eigenvalue weighted by Gasteiger charge is -2.22. The first kappa shape index (κ1) is 21.3. The van der Waals surface area contributed by atoms with Crippen LogP contribution in [0.4, 0.5) is 4.79 Å². The van der Waals surface area contributed by atoms with Crippen LogP contribution in [0.3, 0.4) is 0 Å². The van der Waals surface area contributed by atoms with Gasteiger partial charge in [-0.25, -0.2) is 4.79 Å². The number of carbonyl (C=O) groups excluding carboxylic acids is 3. The zero-order valence-electron chi connectivity index (χ0n) is 17.6. The average Bonchev–Trinajstić information content (AvgIpc) is 2.92. The normalized spacial score (nSPS) is 19.4. The van der Waals surface area contributed by atoms with Crippen LogP contribution < -0.4 is 20.4 Å². The van der Waals surface area contributed by atoms with Crippen LogP contribution >= 0.6 is 0 Å². The Morgan fingerprint density at radius 1 is 1.20 bits per heavy atom. The van der Waals surface area contributed by atoms with E-state index in [4.69, 9.17) is 4.74 Å². The number of hydrogen-bond donors (Lipinski definition) is 3. The van der Waals surface area contributed by atoms with Gasteiger partial charge in [0.15, 0.2) is 6.54 Å². The van der Waals surface area contributed by atoms with Gasteiger partial charge in [-0.1, -0.05) is 42.0 Å². The molecule has 158 valence electrons. The minimum atomic E-state index is -1.22. The number of imide groups is 1. The minimum Gasteiger partial charge on any atom is -0.496 e. The summed E-state index contributed by atoms with van der Waals surface area (Å²) in [5.74, 6) is -0.196. The van der Waals surface area contributed by atoms with Crippen LogP contribution in [0.15, 0.2) is 48.5 Å². The number of methoxy groups -OCH3 is 1. The third kappa shape index (κ3) is 4.28.